The second kappa shape index (κ2) is 18.8. The molecular formula is C36H50N6O7. The maximum absolute atomic E-state index is 13.8. The van der Waals surface area contributed by atoms with E-state index < -0.39 is 36.0 Å². The molecule has 6 N–H and O–H groups in total. The molecule has 0 aromatic heterocycles. The van der Waals surface area contributed by atoms with E-state index in [1.807, 2.05) is 56.3 Å². The van der Waals surface area contributed by atoms with Crippen molar-refractivity contribution in [2.75, 3.05) is 33.4 Å². The highest BCUT2D eigenvalue weighted by molar-refractivity contribution is 5.95. The number of nitrogens with one attached hydrogen (secondary N) is 6. The number of hydrogen-bond donors (Lipinski definition) is 6. The fourth-order valence-electron chi connectivity index (χ4n) is 5.90. The molecule has 0 spiro atoms. The van der Waals surface area contributed by atoms with E-state index in [-0.39, 0.29) is 49.6 Å². The Bertz CT molecular complexity index is 1430. The van der Waals surface area contributed by atoms with Crippen LogP contribution in [0, 0.1) is 5.92 Å². The van der Waals surface area contributed by atoms with Crippen molar-refractivity contribution in [3.8, 4) is 11.5 Å². The zero-order valence-corrected chi connectivity index (χ0v) is 28.6. The van der Waals surface area contributed by atoms with E-state index in [0.717, 1.165) is 17.5 Å². The molecule has 0 aliphatic carbocycles. The normalized spacial score (nSPS) is 23.4. The van der Waals surface area contributed by atoms with Crippen LogP contribution in [0.1, 0.15) is 57.1 Å². The standard InChI is InChI=1S/C36H50N6O7/c1-23(2)32-36(47)39-19-7-12-25-15-16-29(48-3)30(21-25)49-22-31(43)38-18-9-14-27(40-33(44)26-13-8-17-37-26)34(45)41-28(35(46)42-32)20-24-10-5-4-6-11-24/h4-6,10-11,15-16,21,23,26-28,32,37H,7-9,12-14,17-20,22H2,1-3H3,(H,38,43)(H,39,47)(H,40,44)(H,41,45)(H,42,46)/t26-,27?,28+,32-/m1/s1. The van der Waals surface area contributed by atoms with Crippen LogP contribution < -0.4 is 41.4 Å². The van der Waals surface area contributed by atoms with E-state index >= 15 is 0 Å². The molecule has 4 atom stereocenters. The maximum atomic E-state index is 13.8. The van der Waals surface area contributed by atoms with Gasteiger partial charge in [0.1, 0.15) is 18.1 Å². The molecule has 2 heterocycles. The molecular weight excluding hydrogens is 628 g/mol. The highest BCUT2D eigenvalue weighted by Gasteiger charge is 2.32. The number of benzene rings is 2. The first-order valence-electron chi connectivity index (χ1n) is 17.2. The molecule has 0 saturated carbocycles. The van der Waals surface area contributed by atoms with Gasteiger partial charge >= 0.3 is 0 Å². The highest BCUT2D eigenvalue weighted by atomic mass is 16.5. The lowest BCUT2D eigenvalue weighted by Crippen LogP contribution is -2.59. The van der Waals surface area contributed by atoms with Crippen molar-refractivity contribution < 1.29 is 33.4 Å². The molecule has 1 fully saturated rings. The smallest absolute Gasteiger partial charge is 0.257 e. The van der Waals surface area contributed by atoms with Gasteiger partial charge in [-0.25, -0.2) is 0 Å². The SMILES string of the molecule is COc1ccc2cc1OCC(=O)NCCCC(NC(=O)[C@H]1CCCN1)C(=O)N[C@@H](Cc1ccccc1)C(=O)N[C@H](C(C)C)C(=O)NCCC2. The Morgan fingerprint density at radius 3 is 2.37 bits per heavy atom. The summed E-state index contributed by atoms with van der Waals surface area (Å²) in [5.41, 5.74) is 1.76. The van der Waals surface area contributed by atoms with Gasteiger partial charge in [-0.3, -0.25) is 24.0 Å². The van der Waals surface area contributed by atoms with Crippen molar-refractivity contribution in [1.29, 1.82) is 0 Å². The second-order valence-corrected chi connectivity index (χ2v) is 12.9. The lowest BCUT2D eigenvalue weighted by molar-refractivity contribution is -0.134. The first kappa shape index (κ1) is 37.2. The second-order valence-electron chi connectivity index (χ2n) is 12.9. The molecule has 1 saturated heterocycles. The van der Waals surface area contributed by atoms with Crippen molar-refractivity contribution in [2.45, 2.75) is 83.0 Å². The Hall–Kier alpha value is -4.65. The number of methoxy groups -OCH3 is 1. The topological polar surface area (TPSA) is 176 Å². The average Bonchev–Trinajstić information content (AvgIpc) is 3.64. The van der Waals surface area contributed by atoms with E-state index in [4.69, 9.17) is 9.47 Å². The van der Waals surface area contributed by atoms with Gasteiger partial charge in [0.15, 0.2) is 18.1 Å². The summed E-state index contributed by atoms with van der Waals surface area (Å²) >= 11 is 0. The number of rotatable bonds is 6. The van der Waals surface area contributed by atoms with Gasteiger partial charge < -0.3 is 41.4 Å². The van der Waals surface area contributed by atoms with Crippen LogP contribution in [0.2, 0.25) is 0 Å². The summed E-state index contributed by atoms with van der Waals surface area (Å²) in [5, 5.41) is 17.5. The van der Waals surface area contributed by atoms with Gasteiger partial charge in [-0.15, -0.1) is 0 Å². The Labute approximate surface area is 288 Å². The highest BCUT2D eigenvalue weighted by Crippen LogP contribution is 2.28. The summed E-state index contributed by atoms with van der Waals surface area (Å²) in [5.74, 6) is -1.33. The summed E-state index contributed by atoms with van der Waals surface area (Å²) in [4.78, 5) is 66.7. The molecule has 1 unspecified atom stereocenters. The maximum Gasteiger partial charge on any atom is 0.257 e. The predicted octanol–water partition coefficient (Wildman–Crippen LogP) is 1.14. The number of amides is 5. The first-order valence-corrected chi connectivity index (χ1v) is 17.2. The summed E-state index contributed by atoms with van der Waals surface area (Å²) in [6, 6.07) is 11.5. The van der Waals surface area contributed by atoms with Crippen LogP contribution >= 0.6 is 0 Å². The predicted molar refractivity (Wildman–Crippen MR) is 184 cm³/mol. The average molecular weight is 679 g/mol. The number of carbonyl (C=O) groups is 5. The molecule has 2 aromatic carbocycles. The van der Waals surface area contributed by atoms with Crippen molar-refractivity contribution >= 4 is 29.5 Å². The van der Waals surface area contributed by atoms with Crippen LogP contribution in [-0.4, -0.2) is 87.1 Å². The monoisotopic (exact) mass is 678 g/mol. The Kier molecular flexibility index (Phi) is 14.2. The number of carbonyl (C=O) groups excluding carboxylic acids is 5. The largest absolute Gasteiger partial charge is 0.493 e. The van der Waals surface area contributed by atoms with Gasteiger partial charge in [0.25, 0.3) is 5.91 Å². The minimum absolute atomic E-state index is 0.176. The van der Waals surface area contributed by atoms with Crippen LogP contribution in [0.15, 0.2) is 48.5 Å². The van der Waals surface area contributed by atoms with Crippen molar-refractivity contribution in [1.82, 2.24) is 31.9 Å². The minimum Gasteiger partial charge on any atom is -0.493 e. The lowest BCUT2D eigenvalue weighted by atomic mass is 10.00. The summed E-state index contributed by atoms with van der Waals surface area (Å²) in [6.45, 7) is 4.77. The van der Waals surface area contributed by atoms with Gasteiger partial charge in [-0.1, -0.05) is 50.2 Å². The molecule has 13 nitrogen and oxygen atoms in total. The third-order valence-electron chi connectivity index (χ3n) is 8.69. The molecule has 5 amide bonds. The van der Waals surface area contributed by atoms with Gasteiger partial charge in [-0.05, 0) is 74.2 Å². The van der Waals surface area contributed by atoms with Crippen LogP contribution in [-0.2, 0) is 36.8 Å². The van der Waals surface area contributed by atoms with Crippen LogP contribution in [0.5, 0.6) is 11.5 Å². The number of aryl methyl sites for hydroxylation is 1. The molecule has 13 heteroatoms. The van der Waals surface area contributed by atoms with Crippen LogP contribution in [0.3, 0.4) is 0 Å². The van der Waals surface area contributed by atoms with Gasteiger partial charge in [0, 0.05) is 19.5 Å². The quantitative estimate of drug-likeness (QED) is 0.264. The molecule has 2 aliphatic heterocycles. The first-order chi connectivity index (χ1) is 23.6. The van der Waals surface area contributed by atoms with Crippen molar-refractivity contribution in [3.63, 3.8) is 0 Å². The summed E-state index contributed by atoms with van der Waals surface area (Å²) in [6.07, 6.45) is 3.50. The Morgan fingerprint density at radius 1 is 0.898 bits per heavy atom. The molecule has 2 aliphatic rings. The molecule has 2 bridgehead atoms. The number of hydrogen-bond acceptors (Lipinski definition) is 8. The molecule has 266 valence electrons. The number of fused-ring (bicyclic) bond motifs is 2. The summed E-state index contributed by atoms with van der Waals surface area (Å²) < 4.78 is 11.2. The van der Waals surface area contributed by atoms with Gasteiger partial charge in [-0.2, -0.15) is 0 Å². The molecule has 2 aromatic rings. The zero-order valence-electron chi connectivity index (χ0n) is 28.6. The fourth-order valence-corrected chi connectivity index (χ4v) is 5.90. The van der Waals surface area contributed by atoms with Crippen molar-refractivity contribution in [3.05, 3.63) is 59.7 Å². The van der Waals surface area contributed by atoms with Gasteiger partial charge in [0.05, 0.1) is 13.2 Å². The molecule has 4 rings (SSSR count). The molecule has 0 radical (unpaired) electrons. The fraction of sp³-hybridized carbons (Fsp3) is 0.528. The third-order valence-corrected chi connectivity index (χ3v) is 8.69. The van der Waals surface area contributed by atoms with Crippen molar-refractivity contribution in [2.24, 2.45) is 5.92 Å². The zero-order chi connectivity index (χ0) is 35.2. The number of ether oxygens (including phenoxy) is 2. The van der Waals surface area contributed by atoms with E-state index in [0.29, 0.717) is 50.3 Å². The van der Waals surface area contributed by atoms with E-state index in [9.17, 15) is 24.0 Å². The van der Waals surface area contributed by atoms with Crippen LogP contribution in [0.25, 0.3) is 0 Å². The van der Waals surface area contributed by atoms with E-state index in [1.54, 1.807) is 6.07 Å². The summed E-state index contributed by atoms with van der Waals surface area (Å²) in [7, 11) is 1.52. The Balaban J connectivity index is 1.57. The lowest BCUT2D eigenvalue weighted by Gasteiger charge is -2.27. The van der Waals surface area contributed by atoms with Gasteiger partial charge in [0.2, 0.25) is 23.6 Å². The van der Waals surface area contributed by atoms with Crippen LogP contribution in [0.4, 0.5) is 0 Å². The third kappa shape index (κ3) is 11.5. The molecule has 49 heavy (non-hydrogen) atoms. The minimum atomic E-state index is -1.02. The van der Waals surface area contributed by atoms with E-state index in [2.05, 4.69) is 31.9 Å². The van der Waals surface area contributed by atoms with E-state index in [1.165, 1.54) is 7.11 Å². The Morgan fingerprint density at radius 2 is 1.65 bits per heavy atom.